The average molecular weight is 278 g/mol. The van der Waals surface area contributed by atoms with Crippen LogP contribution >= 0.6 is 0 Å². The Labute approximate surface area is 113 Å². The molecule has 0 saturated carbocycles. The highest BCUT2D eigenvalue weighted by atomic mass is 19.1. The van der Waals surface area contributed by atoms with Crippen LogP contribution in [0.5, 0.6) is 5.75 Å². The summed E-state index contributed by atoms with van der Waals surface area (Å²) in [5.74, 6) is 4.01. The molecule has 0 spiro atoms. The molecule has 2 aromatic rings. The molecule has 0 saturated heterocycles. The highest BCUT2D eigenvalue weighted by Crippen LogP contribution is 2.18. The van der Waals surface area contributed by atoms with Crippen molar-refractivity contribution in [2.45, 2.75) is 6.61 Å². The Hall–Kier alpha value is -2.67. The molecule has 1 heterocycles. The maximum absolute atomic E-state index is 13.2. The fourth-order valence-electron chi connectivity index (χ4n) is 1.61. The monoisotopic (exact) mass is 278 g/mol. The van der Waals surface area contributed by atoms with Crippen LogP contribution in [0.25, 0.3) is 0 Å². The van der Waals surface area contributed by atoms with E-state index in [4.69, 9.17) is 15.0 Å². The van der Waals surface area contributed by atoms with Crippen LogP contribution in [0.2, 0.25) is 0 Å². The van der Waals surface area contributed by atoms with Crippen molar-refractivity contribution in [3.05, 3.63) is 53.2 Å². The molecule has 0 unspecified atom stereocenters. The largest absolute Gasteiger partial charge is 0.489 e. The minimum atomic E-state index is -0.596. The lowest BCUT2D eigenvalue weighted by Gasteiger charge is -2.07. The fourth-order valence-corrected chi connectivity index (χ4v) is 1.61. The molecule has 104 valence electrons. The van der Waals surface area contributed by atoms with Gasteiger partial charge >= 0.3 is 5.91 Å². The number of carbonyl (C=O) groups excluding carboxylic acids is 2. The number of hydrazine groups is 1. The first-order valence-corrected chi connectivity index (χ1v) is 5.60. The Morgan fingerprint density at radius 2 is 2.25 bits per heavy atom. The van der Waals surface area contributed by atoms with Crippen LogP contribution in [0.15, 0.2) is 34.9 Å². The van der Waals surface area contributed by atoms with Crippen LogP contribution in [0.4, 0.5) is 4.39 Å². The van der Waals surface area contributed by atoms with Gasteiger partial charge in [0.15, 0.2) is 5.76 Å². The summed E-state index contributed by atoms with van der Waals surface area (Å²) in [7, 11) is 0. The molecule has 0 aliphatic carbocycles. The van der Waals surface area contributed by atoms with Gasteiger partial charge in [-0.2, -0.15) is 0 Å². The number of aldehydes is 1. The van der Waals surface area contributed by atoms with E-state index in [-0.39, 0.29) is 23.7 Å². The predicted octanol–water partition coefficient (Wildman–Crippen LogP) is 1.41. The number of nitrogens with one attached hydrogen (secondary N) is 1. The number of hydrogen-bond acceptors (Lipinski definition) is 5. The zero-order valence-electron chi connectivity index (χ0n) is 10.3. The first-order valence-electron chi connectivity index (χ1n) is 5.60. The maximum atomic E-state index is 13.2. The topological polar surface area (TPSA) is 94.6 Å². The van der Waals surface area contributed by atoms with Crippen molar-refractivity contribution in [1.29, 1.82) is 0 Å². The van der Waals surface area contributed by atoms with Crippen molar-refractivity contribution in [3.8, 4) is 5.75 Å². The number of nitrogen functional groups attached to an aromatic ring is 1. The Bertz CT molecular complexity index is 639. The summed E-state index contributed by atoms with van der Waals surface area (Å²) in [4.78, 5) is 22.0. The molecule has 0 fully saturated rings. The number of benzene rings is 1. The van der Waals surface area contributed by atoms with Gasteiger partial charge in [0.25, 0.3) is 0 Å². The third-order valence-corrected chi connectivity index (χ3v) is 2.51. The molecular formula is C13H11FN2O4. The summed E-state index contributed by atoms with van der Waals surface area (Å²) < 4.78 is 23.5. The van der Waals surface area contributed by atoms with E-state index in [1.165, 1.54) is 18.4 Å². The molecule has 20 heavy (non-hydrogen) atoms. The van der Waals surface area contributed by atoms with E-state index in [9.17, 15) is 14.0 Å². The second kappa shape index (κ2) is 5.98. The van der Waals surface area contributed by atoms with E-state index in [1.807, 2.05) is 5.43 Å². The van der Waals surface area contributed by atoms with Crippen LogP contribution in [0.3, 0.4) is 0 Å². The lowest BCUT2D eigenvalue weighted by molar-refractivity contribution is 0.0922. The molecule has 6 nitrogen and oxygen atoms in total. The highest BCUT2D eigenvalue weighted by molar-refractivity contribution is 5.92. The van der Waals surface area contributed by atoms with Crippen molar-refractivity contribution in [1.82, 2.24) is 5.43 Å². The Morgan fingerprint density at radius 3 is 2.95 bits per heavy atom. The van der Waals surface area contributed by atoms with Gasteiger partial charge in [0, 0.05) is 17.2 Å². The van der Waals surface area contributed by atoms with Crippen molar-refractivity contribution >= 4 is 12.2 Å². The van der Waals surface area contributed by atoms with Crippen molar-refractivity contribution in [2.75, 3.05) is 0 Å². The zero-order valence-corrected chi connectivity index (χ0v) is 10.3. The van der Waals surface area contributed by atoms with Gasteiger partial charge < -0.3 is 9.15 Å². The number of furan rings is 1. The average Bonchev–Trinajstić information content (AvgIpc) is 2.92. The molecule has 2 rings (SSSR count). The van der Waals surface area contributed by atoms with E-state index >= 15 is 0 Å². The minimum absolute atomic E-state index is 0.0134. The van der Waals surface area contributed by atoms with Gasteiger partial charge in [0.05, 0.1) is 6.26 Å². The lowest BCUT2D eigenvalue weighted by Crippen LogP contribution is -2.30. The Kier molecular flexibility index (Phi) is 4.11. The second-order valence-corrected chi connectivity index (χ2v) is 3.88. The smallest absolute Gasteiger partial charge is 0.301 e. The van der Waals surface area contributed by atoms with Crippen molar-refractivity contribution in [2.24, 2.45) is 5.84 Å². The van der Waals surface area contributed by atoms with Gasteiger partial charge in [0.1, 0.15) is 24.5 Å². The Balaban J connectivity index is 2.13. The van der Waals surface area contributed by atoms with Crippen LogP contribution in [-0.4, -0.2) is 12.2 Å². The summed E-state index contributed by atoms with van der Waals surface area (Å²) in [5.41, 5.74) is 2.55. The van der Waals surface area contributed by atoms with Gasteiger partial charge in [-0.05, 0) is 18.2 Å². The second-order valence-electron chi connectivity index (χ2n) is 3.88. The summed E-state index contributed by atoms with van der Waals surface area (Å²) in [6.45, 7) is -0.0268. The van der Waals surface area contributed by atoms with E-state index in [2.05, 4.69) is 0 Å². The first-order chi connectivity index (χ1) is 9.63. The van der Waals surface area contributed by atoms with Crippen LogP contribution in [0, 0.1) is 5.82 Å². The Morgan fingerprint density at radius 1 is 1.45 bits per heavy atom. The van der Waals surface area contributed by atoms with Crippen molar-refractivity contribution < 1.29 is 23.1 Å². The summed E-state index contributed by atoms with van der Waals surface area (Å²) in [6.07, 6.45) is 1.83. The fraction of sp³-hybridized carbons (Fsp3) is 0.0769. The maximum Gasteiger partial charge on any atom is 0.301 e. The van der Waals surface area contributed by atoms with E-state index < -0.39 is 11.7 Å². The summed E-state index contributed by atoms with van der Waals surface area (Å²) in [5, 5.41) is 0. The van der Waals surface area contributed by atoms with Crippen LogP contribution in [-0.2, 0) is 6.61 Å². The summed E-state index contributed by atoms with van der Waals surface area (Å²) in [6, 6.07) is 5.14. The number of nitrogens with two attached hydrogens (primary N) is 1. The van der Waals surface area contributed by atoms with Gasteiger partial charge in [0.2, 0.25) is 0 Å². The molecular weight excluding hydrogens is 267 g/mol. The summed E-state index contributed by atoms with van der Waals surface area (Å²) >= 11 is 0. The van der Waals surface area contributed by atoms with E-state index in [0.29, 0.717) is 11.8 Å². The molecule has 0 radical (unpaired) electrons. The lowest BCUT2D eigenvalue weighted by atomic mass is 10.2. The molecule has 3 N–H and O–H groups in total. The van der Waals surface area contributed by atoms with Crippen molar-refractivity contribution in [3.63, 3.8) is 0 Å². The van der Waals surface area contributed by atoms with Gasteiger partial charge in [-0.25, -0.2) is 10.2 Å². The molecule has 1 amide bonds. The molecule has 1 aromatic heterocycles. The number of ether oxygens (including phenoxy) is 1. The third kappa shape index (κ3) is 3.01. The number of rotatable bonds is 5. The molecule has 0 aliphatic heterocycles. The van der Waals surface area contributed by atoms with Gasteiger partial charge in [-0.3, -0.25) is 15.0 Å². The number of hydrogen-bond donors (Lipinski definition) is 2. The highest BCUT2D eigenvalue weighted by Gasteiger charge is 2.14. The third-order valence-electron chi connectivity index (χ3n) is 2.51. The molecule has 0 atom stereocenters. The molecule has 0 aliphatic rings. The number of halogens is 1. The number of carbonyl (C=O) groups is 2. The zero-order chi connectivity index (χ0) is 14.5. The predicted molar refractivity (Wildman–Crippen MR) is 66.5 cm³/mol. The molecule has 1 aromatic carbocycles. The first kappa shape index (κ1) is 13.8. The van der Waals surface area contributed by atoms with E-state index in [1.54, 1.807) is 0 Å². The van der Waals surface area contributed by atoms with Gasteiger partial charge in [-0.15, -0.1) is 0 Å². The quantitative estimate of drug-likeness (QED) is 0.373. The van der Waals surface area contributed by atoms with E-state index in [0.717, 1.165) is 12.1 Å². The minimum Gasteiger partial charge on any atom is -0.489 e. The van der Waals surface area contributed by atoms with Gasteiger partial charge in [-0.1, -0.05) is 0 Å². The SMILES string of the molecule is NNC(=O)c1occc1COc1cc(F)cc(C=O)c1. The standard InChI is InChI=1S/C13H11FN2O4/c14-10-3-8(6-17)4-11(5-10)20-7-9-1-2-19-12(9)13(18)16-15/h1-6H,7,15H2,(H,16,18). The molecule has 0 bridgehead atoms. The van der Waals surface area contributed by atoms with Crippen LogP contribution in [0.1, 0.15) is 26.5 Å². The number of amides is 1. The molecule has 7 heteroatoms. The van der Waals surface area contributed by atoms with Crippen LogP contribution < -0.4 is 16.0 Å². The normalized spacial score (nSPS) is 10.1.